The first-order valence-electron chi connectivity index (χ1n) is 10.3. The number of likely N-dealkylation sites (tertiary alicyclic amines) is 2. The van der Waals surface area contributed by atoms with Crippen LogP contribution in [-0.2, 0) is 4.79 Å². The van der Waals surface area contributed by atoms with Crippen LogP contribution in [0.25, 0.3) is 15.7 Å². The molecule has 144 valence electrons. The van der Waals surface area contributed by atoms with E-state index in [-0.39, 0.29) is 12.1 Å². The van der Waals surface area contributed by atoms with Gasteiger partial charge in [-0.3, -0.25) is 19.6 Å². The molecule has 6 heteroatoms. The van der Waals surface area contributed by atoms with Crippen molar-refractivity contribution >= 4 is 22.5 Å². The number of nitrogens with one attached hydrogen (secondary N) is 1. The second-order valence-electron chi connectivity index (χ2n) is 8.30. The van der Waals surface area contributed by atoms with Gasteiger partial charge in [-0.2, -0.15) is 0 Å². The van der Waals surface area contributed by atoms with Gasteiger partial charge < -0.3 is 5.32 Å². The standard InChI is InChI=1S/C22H26N5O/c1-23-21-13-15-12-20(15)27(21)22(28)14-26-10-7-16(8-11-26)25-19-6-2-5-18-17(19)4-3-9-24-18/h1-6,9,15-16,20-21,25H,7-8,10-14H2/q+1/t15-,20?,21-/m0/s1. The van der Waals surface area contributed by atoms with Gasteiger partial charge in [0.25, 0.3) is 6.57 Å². The molecule has 1 unspecified atom stereocenters. The van der Waals surface area contributed by atoms with Gasteiger partial charge in [0, 0.05) is 42.4 Å². The number of hydrogen-bond acceptors (Lipinski definition) is 4. The van der Waals surface area contributed by atoms with E-state index in [1.807, 2.05) is 29.3 Å². The van der Waals surface area contributed by atoms with E-state index in [0.29, 0.717) is 24.5 Å². The third kappa shape index (κ3) is 3.20. The number of aromatic nitrogens is 1. The van der Waals surface area contributed by atoms with Crippen LogP contribution in [-0.4, -0.2) is 58.6 Å². The number of nitrogens with zero attached hydrogens (tertiary/aromatic N) is 4. The summed E-state index contributed by atoms with van der Waals surface area (Å²) in [6, 6.07) is 11.1. The van der Waals surface area contributed by atoms with E-state index >= 15 is 0 Å². The van der Waals surface area contributed by atoms with Crippen LogP contribution in [0.5, 0.6) is 0 Å². The van der Waals surface area contributed by atoms with Gasteiger partial charge in [-0.05, 0) is 49.4 Å². The van der Waals surface area contributed by atoms with E-state index in [0.717, 1.165) is 55.4 Å². The lowest BCUT2D eigenvalue weighted by Crippen LogP contribution is -2.47. The molecule has 3 fully saturated rings. The monoisotopic (exact) mass is 376 g/mol. The fourth-order valence-electron chi connectivity index (χ4n) is 4.87. The topological polar surface area (TPSA) is 52.8 Å². The SMILES string of the molecule is C#[N+][C@@H]1C[C@@H]2CC2N1C(=O)CN1CCC(Nc2cccc3ncccc23)CC1. The first-order chi connectivity index (χ1) is 13.7. The van der Waals surface area contributed by atoms with Crippen molar-refractivity contribution in [2.24, 2.45) is 5.92 Å². The van der Waals surface area contributed by atoms with Crippen molar-refractivity contribution in [3.05, 3.63) is 41.4 Å². The zero-order valence-electron chi connectivity index (χ0n) is 16.0. The van der Waals surface area contributed by atoms with Crippen LogP contribution in [0.1, 0.15) is 25.7 Å². The molecule has 28 heavy (non-hydrogen) atoms. The molecule has 1 aliphatic carbocycles. The molecule has 3 aliphatic rings. The predicted octanol–water partition coefficient (Wildman–Crippen LogP) is 3.02. The lowest BCUT2D eigenvalue weighted by Gasteiger charge is -2.33. The molecule has 6 nitrogen and oxygen atoms in total. The molecule has 2 saturated heterocycles. The molecule has 1 aromatic heterocycles. The van der Waals surface area contributed by atoms with Crippen LogP contribution >= 0.6 is 0 Å². The van der Waals surface area contributed by atoms with Crippen LogP contribution in [0.15, 0.2) is 36.5 Å². The van der Waals surface area contributed by atoms with Crippen molar-refractivity contribution in [2.75, 3.05) is 25.0 Å². The Morgan fingerprint density at radius 1 is 1.21 bits per heavy atom. The Bertz CT molecular complexity index is 925. The third-order valence-electron chi connectivity index (χ3n) is 6.49. The Morgan fingerprint density at radius 3 is 2.89 bits per heavy atom. The van der Waals surface area contributed by atoms with Gasteiger partial charge in [0.1, 0.15) is 0 Å². The van der Waals surface area contributed by atoms with Crippen molar-refractivity contribution < 1.29 is 4.79 Å². The molecule has 1 aromatic carbocycles. The van der Waals surface area contributed by atoms with Crippen LogP contribution < -0.4 is 5.32 Å². The molecule has 2 aliphatic heterocycles. The first kappa shape index (κ1) is 17.4. The highest BCUT2D eigenvalue weighted by Gasteiger charge is 2.58. The maximum Gasteiger partial charge on any atom is 0.350 e. The highest BCUT2D eigenvalue weighted by atomic mass is 16.2. The lowest BCUT2D eigenvalue weighted by atomic mass is 10.0. The summed E-state index contributed by atoms with van der Waals surface area (Å²) in [5.41, 5.74) is 2.16. The summed E-state index contributed by atoms with van der Waals surface area (Å²) in [5.74, 6) is 0.821. The summed E-state index contributed by atoms with van der Waals surface area (Å²) < 4.78 is 0. The zero-order chi connectivity index (χ0) is 19.1. The van der Waals surface area contributed by atoms with E-state index in [2.05, 4.69) is 32.2 Å². The number of piperidine rings is 2. The van der Waals surface area contributed by atoms with Gasteiger partial charge in [0.2, 0.25) is 5.91 Å². The van der Waals surface area contributed by atoms with Gasteiger partial charge in [-0.1, -0.05) is 10.9 Å². The van der Waals surface area contributed by atoms with Crippen molar-refractivity contribution in [1.29, 1.82) is 0 Å². The highest BCUT2D eigenvalue weighted by Crippen LogP contribution is 2.48. The molecule has 0 radical (unpaired) electrons. The van der Waals surface area contributed by atoms with Crippen molar-refractivity contribution in [2.45, 2.75) is 43.9 Å². The molecule has 3 atom stereocenters. The summed E-state index contributed by atoms with van der Waals surface area (Å²) in [6.07, 6.45) is 5.86. The average molecular weight is 376 g/mol. The van der Waals surface area contributed by atoms with E-state index in [1.54, 1.807) is 0 Å². The maximum atomic E-state index is 12.8. The van der Waals surface area contributed by atoms with Gasteiger partial charge in [-0.25, -0.2) is 0 Å². The number of fused-ring (bicyclic) bond motifs is 2. The second kappa shape index (κ2) is 7.06. The van der Waals surface area contributed by atoms with Crippen LogP contribution in [0.2, 0.25) is 0 Å². The Balaban J connectivity index is 1.17. The lowest BCUT2D eigenvalue weighted by molar-refractivity contribution is -0.133. The number of amides is 1. The Labute approximate surface area is 165 Å². The summed E-state index contributed by atoms with van der Waals surface area (Å²) in [7, 11) is 0. The van der Waals surface area contributed by atoms with Crippen molar-refractivity contribution in [1.82, 2.24) is 14.8 Å². The van der Waals surface area contributed by atoms with Crippen molar-refractivity contribution in [3.63, 3.8) is 0 Å². The molecule has 1 amide bonds. The Morgan fingerprint density at radius 2 is 2.07 bits per heavy atom. The van der Waals surface area contributed by atoms with Gasteiger partial charge >= 0.3 is 6.17 Å². The average Bonchev–Trinajstić information content (AvgIpc) is 3.39. The summed E-state index contributed by atoms with van der Waals surface area (Å²) in [4.78, 5) is 25.4. The minimum atomic E-state index is -0.101. The first-order valence-corrected chi connectivity index (χ1v) is 10.3. The second-order valence-corrected chi connectivity index (χ2v) is 8.30. The molecule has 1 saturated carbocycles. The number of anilines is 1. The summed E-state index contributed by atoms with van der Waals surface area (Å²) >= 11 is 0. The number of carbonyl (C=O) groups excluding carboxylic acids is 1. The van der Waals surface area contributed by atoms with E-state index in [1.165, 1.54) is 0 Å². The molecular weight excluding hydrogens is 350 g/mol. The Kier molecular flexibility index (Phi) is 4.40. The molecular formula is C22H26N5O+. The smallest absolute Gasteiger partial charge is 0.350 e. The fraction of sp³-hybridized carbons (Fsp3) is 0.500. The molecule has 2 aromatic rings. The van der Waals surface area contributed by atoms with E-state index in [4.69, 9.17) is 6.57 Å². The zero-order valence-corrected chi connectivity index (χ0v) is 16.0. The predicted molar refractivity (Wildman–Crippen MR) is 110 cm³/mol. The largest absolute Gasteiger partial charge is 0.382 e. The summed E-state index contributed by atoms with van der Waals surface area (Å²) in [5, 5.41) is 4.85. The van der Waals surface area contributed by atoms with Crippen molar-refractivity contribution in [3.8, 4) is 6.57 Å². The molecule has 0 spiro atoms. The Hall–Kier alpha value is -2.65. The normalized spacial score (nSPS) is 27.4. The minimum Gasteiger partial charge on any atom is -0.382 e. The van der Waals surface area contributed by atoms with Crippen LogP contribution in [0.3, 0.4) is 0 Å². The van der Waals surface area contributed by atoms with E-state index < -0.39 is 0 Å². The number of pyridine rings is 1. The molecule has 5 rings (SSSR count). The third-order valence-corrected chi connectivity index (χ3v) is 6.49. The number of hydrogen-bond donors (Lipinski definition) is 1. The van der Waals surface area contributed by atoms with Gasteiger partial charge in [0.05, 0.1) is 18.5 Å². The molecule has 3 heterocycles. The van der Waals surface area contributed by atoms with Gasteiger partial charge in [-0.15, -0.1) is 0 Å². The van der Waals surface area contributed by atoms with Crippen LogP contribution in [0, 0.1) is 12.5 Å². The summed E-state index contributed by atoms with van der Waals surface area (Å²) in [6.45, 7) is 7.86. The molecule has 1 N–H and O–H groups in total. The minimum absolute atomic E-state index is 0.101. The van der Waals surface area contributed by atoms with Gasteiger partial charge in [0.15, 0.2) is 0 Å². The fourth-order valence-corrected chi connectivity index (χ4v) is 4.87. The number of carbonyl (C=O) groups is 1. The maximum absolute atomic E-state index is 12.8. The van der Waals surface area contributed by atoms with E-state index in [9.17, 15) is 4.79 Å². The number of rotatable bonds is 4. The van der Waals surface area contributed by atoms with Crippen LogP contribution in [0.4, 0.5) is 5.69 Å². The number of benzene rings is 1. The molecule has 0 bridgehead atoms. The quantitative estimate of drug-likeness (QED) is 0.891. The highest BCUT2D eigenvalue weighted by molar-refractivity contribution is 5.91.